The summed E-state index contributed by atoms with van der Waals surface area (Å²) >= 11 is 0. The monoisotopic (exact) mass is 300 g/mol. The van der Waals surface area contributed by atoms with Crippen molar-refractivity contribution in [2.75, 3.05) is 6.54 Å². The van der Waals surface area contributed by atoms with Gasteiger partial charge in [0.2, 0.25) is 0 Å². The molecule has 0 bridgehead atoms. The van der Waals surface area contributed by atoms with Gasteiger partial charge in [-0.3, -0.25) is 9.78 Å². The standard InChI is InChI=1S/C17H24N2OSi/c1-14(13-21(2,3)4)12-19-10-8-15(20)11-17(19)16-7-5-6-9-18-16/h5-10,17H,1,11-13H2,2-4H3. The molecule has 112 valence electrons. The van der Waals surface area contributed by atoms with E-state index in [4.69, 9.17) is 0 Å². The van der Waals surface area contributed by atoms with Crippen LogP contribution in [0.5, 0.6) is 0 Å². The van der Waals surface area contributed by atoms with Crippen molar-refractivity contribution in [3.8, 4) is 0 Å². The lowest BCUT2D eigenvalue weighted by molar-refractivity contribution is -0.116. The van der Waals surface area contributed by atoms with Gasteiger partial charge in [0, 0.05) is 33.4 Å². The first-order valence-electron chi connectivity index (χ1n) is 7.39. The Morgan fingerprint density at radius 1 is 1.43 bits per heavy atom. The fraction of sp³-hybridized carbons (Fsp3) is 0.412. The number of ketones is 1. The number of hydrogen-bond donors (Lipinski definition) is 0. The van der Waals surface area contributed by atoms with Gasteiger partial charge >= 0.3 is 0 Å². The SMILES string of the molecule is C=C(CN1C=CC(=O)CC1c1ccccn1)C[Si](C)(C)C. The summed E-state index contributed by atoms with van der Waals surface area (Å²) in [6.45, 7) is 12.1. The van der Waals surface area contributed by atoms with Gasteiger partial charge in [0.15, 0.2) is 5.78 Å². The third kappa shape index (κ3) is 4.67. The van der Waals surface area contributed by atoms with E-state index in [9.17, 15) is 4.79 Å². The van der Waals surface area contributed by atoms with Crippen LogP contribution in [0.2, 0.25) is 25.7 Å². The van der Waals surface area contributed by atoms with Crippen molar-refractivity contribution in [2.24, 2.45) is 0 Å². The first-order chi connectivity index (χ1) is 9.85. The van der Waals surface area contributed by atoms with E-state index in [1.54, 1.807) is 12.3 Å². The van der Waals surface area contributed by atoms with Gasteiger partial charge < -0.3 is 4.90 Å². The number of hydrogen-bond acceptors (Lipinski definition) is 3. The second-order valence-corrected chi connectivity index (χ2v) is 12.4. The molecule has 1 aromatic rings. The van der Waals surface area contributed by atoms with E-state index in [0.717, 1.165) is 18.3 Å². The van der Waals surface area contributed by atoms with Crippen LogP contribution in [-0.4, -0.2) is 30.3 Å². The fourth-order valence-electron chi connectivity index (χ4n) is 2.73. The summed E-state index contributed by atoms with van der Waals surface area (Å²) in [4.78, 5) is 18.4. The molecule has 0 amide bonds. The van der Waals surface area contributed by atoms with Gasteiger partial charge in [0.1, 0.15) is 0 Å². The zero-order chi connectivity index (χ0) is 15.5. The molecule has 2 heterocycles. The minimum atomic E-state index is -1.15. The van der Waals surface area contributed by atoms with Crippen LogP contribution in [0.3, 0.4) is 0 Å². The molecule has 0 spiro atoms. The Morgan fingerprint density at radius 3 is 2.81 bits per heavy atom. The van der Waals surface area contributed by atoms with Crippen LogP contribution >= 0.6 is 0 Å². The van der Waals surface area contributed by atoms with Crippen molar-refractivity contribution in [3.63, 3.8) is 0 Å². The van der Waals surface area contributed by atoms with Crippen molar-refractivity contribution in [3.05, 3.63) is 54.5 Å². The molecule has 0 saturated heterocycles. The quantitative estimate of drug-likeness (QED) is 0.612. The average molecular weight is 300 g/mol. The summed E-state index contributed by atoms with van der Waals surface area (Å²) in [6, 6.07) is 7.01. The molecule has 0 fully saturated rings. The van der Waals surface area contributed by atoms with Gasteiger partial charge in [-0.2, -0.15) is 0 Å². The Bertz CT molecular complexity index is 546. The Kier molecular flexibility index (Phi) is 4.78. The van der Waals surface area contributed by atoms with Crippen LogP contribution in [0.1, 0.15) is 18.2 Å². The minimum Gasteiger partial charge on any atom is -0.364 e. The second-order valence-electron chi connectivity index (χ2n) is 6.92. The highest BCUT2D eigenvalue weighted by Gasteiger charge is 2.26. The summed E-state index contributed by atoms with van der Waals surface area (Å²) in [5.41, 5.74) is 2.20. The topological polar surface area (TPSA) is 33.2 Å². The third-order valence-corrected chi connectivity index (χ3v) is 5.02. The zero-order valence-corrected chi connectivity index (χ0v) is 14.2. The van der Waals surface area contributed by atoms with Crippen LogP contribution < -0.4 is 0 Å². The molecule has 3 nitrogen and oxygen atoms in total. The van der Waals surface area contributed by atoms with Crippen molar-refractivity contribution in [1.82, 2.24) is 9.88 Å². The lowest BCUT2D eigenvalue weighted by atomic mass is 10.0. The number of pyridine rings is 1. The Labute approximate surface area is 128 Å². The van der Waals surface area contributed by atoms with Gasteiger partial charge in [-0.1, -0.05) is 37.9 Å². The molecule has 0 saturated carbocycles. The molecular weight excluding hydrogens is 276 g/mol. The van der Waals surface area contributed by atoms with Gasteiger partial charge in [-0.05, 0) is 24.3 Å². The molecular formula is C17H24N2OSi. The van der Waals surface area contributed by atoms with Crippen molar-refractivity contribution in [2.45, 2.75) is 38.1 Å². The minimum absolute atomic E-state index is 0.0297. The molecule has 0 aliphatic carbocycles. The summed E-state index contributed by atoms with van der Waals surface area (Å²) in [7, 11) is -1.15. The number of nitrogens with zero attached hydrogens (tertiary/aromatic N) is 2. The van der Waals surface area contributed by atoms with Crippen molar-refractivity contribution in [1.29, 1.82) is 0 Å². The zero-order valence-electron chi connectivity index (χ0n) is 13.2. The summed E-state index contributed by atoms with van der Waals surface area (Å²) in [6.07, 6.45) is 5.85. The number of carbonyl (C=O) groups excluding carboxylic acids is 1. The maximum Gasteiger partial charge on any atom is 0.159 e. The summed E-state index contributed by atoms with van der Waals surface area (Å²) in [5, 5.41) is 0. The molecule has 1 aliphatic heterocycles. The lowest BCUT2D eigenvalue weighted by Gasteiger charge is -2.33. The van der Waals surface area contributed by atoms with E-state index in [2.05, 4.69) is 36.1 Å². The molecule has 1 unspecified atom stereocenters. The Balaban J connectivity index is 2.13. The fourth-order valence-corrected chi connectivity index (χ4v) is 4.34. The Morgan fingerprint density at radius 2 is 2.19 bits per heavy atom. The van der Waals surface area contributed by atoms with E-state index in [0.29, 0.717) is 6.42 Å². The number of carbonyl (C=O) groups is 1. The first-order valence-corrected chi connectivity index (χ1v) is 11.1. The van der Waals surface area contributed by atoms with E-state index in [1.807, 2.05) is 24.4 Å². The predicted octanol–water partition coefficient (Wildman–Crippen LogP) is 3.81. The van der Waals surface area contributed by atoms with Gasteiger partial charge in [0.25, 0.3) is 0 Å². The van der Waals surface area contributed by atoms with Crippen LogP contribution in [0.25, 0.3) is 0 Å². The molecule has 0 N–H and O–H groups in total. The largest absolute Gasteiger partial charge is 0.364 e. The molecule has 1 aliphatic rings. The normalized spacial score (nSPS) is 18.9. The second kappa shape index (κ2) is 6.39. The lowest BCUT2D eigenvalue weighted by Crippen LogP contribution is -2.32. The van der Waals surface area contributed by atoms with Gasteiger partial charge in [-0.25, -0.2) is 0 Å². The van der Waals surface area contributed by atoms with E-state index in [1.165, 1.54) is 5.57 Å². The van der Waals surface area contributed by atoms with Crippen LogP contribution in [-0.2, 0) is 4.79 Å². The van der Waals surface area contributed by atoms with E-state index < -0.39 is 8.07 Å². The number of allylic oxidation sites excluding steroid dienone is 1. The predicted molar refractivity (Wildman–Crippen MR) is 89.7 cm³/mol. The number of rotatable bonds is 5. The summed E-state index contributed by atoms with van der Waals surface area (Å²) < 4.78 is 0. The number of aromatic nitrogens is 1. The maximum absolute atomic E-state index is 11.8. The van der Waals surface area contributed by atoms with E-state index >= 15 is 0 Å². The van der Waals surface area contributed by atoms with Crippen LogP contribution in [0.15, 0.2) is 48.8 Å². The molecule has 21 heavy (non-hydrogen) atoms. The molecule has 1 atom stereocenters. The maximum atomic E-state index is 11.8. The van der Waals surface area contributed by atoms with E-state index in [-0.39, 0.29) is 11.8 Å². The van der Waals surface area contributed by atoms with Crippen LogP contribution in [0, 0.1) is 0 Å². The smallest absolute Gasteiger partial charge is 0.159 e. The van der Waals surface area contributed by atoms with Gasteiger partial charge in [-0.15, -0.1) is 0 Å². The molecule has 1 aromatic heterocycles. The molecule has 2 rings (SSSR count). The molecule has 4 heteroatoms. The van der Waals surface area contributed by atoms with Crippen LogP contribution in [0.4, 0.5) is 0 Å². The summed E-state index contributed by atoms with van der Waals surface area (Å²) in [5.74, 6) is 0.165. The highest BCUT2D eigenvalue weighted by molar-refractivity contribution is 6.76. The van der Waals surface area contributed by atoms with Gasteiger partial charge in [0.05, 0.1) is 11.7 Å². The first kappa shape index (κ1) is 15.7. The average Bonchev–Trinajstić information content (AvgIpc) is 2.40. The highest BCUT2D eigenvalue weighted by Crippen LogP contribution is 2.28. The third-order valence-electron chi connectivity index (χ3n) is 3.46. The highest BCUT2D eigenvalue weighted by atomic mass is 28.3. The molecule has 0 radical (unpaired) electrons. The molecule has 0 aromatic carbocycles. The Hall–Kier alpha value is -1.68. The van der Waals surface area contributed by atoms with Crippen molar-refractivity contribution < 1.29 is 4.79 Å². The van der Waals surface area contributed by atoms with Crippen molar-refractivity contribution >= 4 is 13.9 Å².